The Morgan fingerprint density at radius 2 is 2.15 bits per heavy atom. The molecule has 1 saturated heterocycles. The van der Waals surface area contributed by atoms with Gasteiger partial charge in [-0.1, -0.05) is 0 Å². The van der Waals surface area contributed by atoms with Gasteiger partial charge in [-0.05, 0) is 20.0 Å². The van der Waals surface area contributed by atoms with Gasteiger partial charge in [-0.3, -0.25) is 4.90 Å². The van der Waals surface area contributed by atoms with Crippen LogP contribution in [-0.2, 0) is 9.47 Å². The maximum Gasteiger partial charge on any atom is 0.169 e. The zero-order chi connectivity index (χ0) is 9.68. The Morgan fingerprint density at radius 3 is 2.62 bits per heavy atom. The van der Waals surface area contributed by atoms with E-state index in [1.165, 1.54) is 6.42 Å². The highest BCUT2D eigenvalue weighted by atomic mass is 16.7. The van der Waals surface area contributed by atoms with Crippen molar-refractivity contribution in [1.82, 2.24) is 10.2 Å². The van der Waals surface area contributed by atoms with Crippen LogP contribution in [0.25, 0.3) is 0 Å². The van der Waals surface area contributed by atoms with Crippen molar-refractivity contribution in [2.75, 3.05) is 40.9 Å². The number of hydrogen-bond donors (Lipinski definition) is 1. The number of methoxy groups -OCH3 is 2. The zero-order valence-corrected chi connectivity index (χ0v) is 8.75. The average Bonchev–Trinajstić information content (AvgIpc) is 2.61. The molecule has 0 aromatic heterocycles. The number of nitrogens with one attached hydrogen (secondary N) is 1. The fourth-order valence-electron chi connectivity index (χ4n) is 1.69. The first-order valence-electron chi connectivity index (χ1n) is 4.75. The largest absolute Gasteiger partial charge is 0.355 e. The molecule has 0 aliphatic carbocycles. The van der Waals surface area contributed by atoms with Gasteiger partial charge in [0.15, 0.2) is 6.29 Å². The van der Waals surface area contributed by atoms with Crippen molar-refractivity contribution in [2.24, 2.45) is 0 Å². The van der Waals surface area contributed by atoms with Gasteiger partial charge in [0.1, 0.15) is 0 Å². The molecular formula is C9H20N2O2. The molecule has 4 nitrogen and oxygen atoms in total. The molecule has 1 unspecified atom stereocenters. The van der Waals surface area contributed by atoms with E-state index in [2.05, 4.69) is 10.2 Å². The number of likely N-dealkylation sites (N-methyl/N-ethyl adjacent to an activating group) is 1. The molecule has 13 heavy (non-hydrogen) atoms. The molecule has 1 rings (SSSR count). The zero-order valence-electron chi connectivity index (χ0n) is 8.75. The first kappa shape index (κ1) is 10.9. The van der Waals surface area contributed by atoms with Gasteiger partial charge in [0, 0.05) is 33.4 Å². The van der Waals surface area contributed by atoms with Crippen LogP contribution in [0.3, 0.4) is 0 Å². The van der Waals surface area contributed by atoms with Crippen LogP contribution in [0.2, 0.25) is 0 Å². The van der Waals surface area contributed by atoms with Gasteiger partial charge in [0.2, 0.25) is 0 Å². The molecule has 1 fully saturated rings. The highest BCUT2D eigenvalue weighted by molar-refractivity contribution is 4.79. The Bertz CT molecular complexity index is 140. The van der Waals surface area contributed by atoms with Crippen LogP contribution in [0.15, 0.2) is 0 Å². The van der Waals surface area contributed by atoms with Gasteiger partial charge < -0.3 is 14.8 Å². The number of rotatable bonds is 5. The quantitative estimate of drug-likeness (QED) is 0.611. The van der Waals surface area contributed by atoms with Gasteiger partial charge in [0.25, 0.3) is 0 Å². The maximum absolute atomic E-state index is 5.15. The fraction of sp³-hybridized carbons (Fsp3) is 1.00. The maximum atomic E-state index is 5.15. The van der Waals surface area contributed by atoms with Crippen LogP contribution >= 0.6 is 0 Å². The Hall–Kier alpha value is -0.160. The van der Waals surface area contributed by atoms with Crippen LogP contribution < -0.4 is 5.32 Å². The number of ether oxygens (including phenoxy) is 2. The Kier molecular flexibility index (Phi) is 4.66. The minimum atomic E-state index is -0.0874. The number of nitrogens with zero attached hydrogens (tertiary/aromatic N) is 1. The molecule has 1 aliphatic rings. The highest BCUT2D eigenvalue weighted by Crippen LogP contribution is 2.09. The van der Waals surface area contributed by atoms with Crippen molar-refractivity contribution in [3.05, 3.63) is 0 Å². The number of hydrogen-bond acceptors (Lipinski definition) is 4. The summed E-state index contributed by atoms with van der Waals surface area (Å²) in [7, 11) is 5.37. The molecule has 78 valence electrons. The molecule has 4 heteroatoms. The third kappa shape index (κ3) is 3.23. The SMILES string of the molecule is CNC1CCN(CC(OC)OC)C1. The van der Waals surface area contributed by atoms with Crippen molar-refractivity contribution in [3.8, 4) is 0 Å². The molecule has 0 aromatic carbocycles. The Morgan fingerprint density at radius 1 is 1.46 bits per heavy atom. The summed E-state index contributed by atoms with van der Waals surface area (Å²) >= 11 is 0. The molecule has 0 aromatic rings. The Balaban J connectivity index is 2.22. The van der Waals surface area contributed by atoms with E-state index in [9.17, 15) is 0 Å². The van der Waals surface area contributed by atoms with Crippen molar-refractivity contribution >= 4 is 0 Å². The lowest BCUT2D eigenvalue weighted by Gasteiger charge is -2.21. The minimum absolute atomic E-state index is 0.0874. The van der Waals surface area contributed by atoms with Crippen LogP contribution in [0.4, 0.5) is 0 Å². The summed E-state index contributed by atoms with van der Waals surface area (Å²) in [5.74, 6) is 0. The monoisotopic (exact) mass is 188 g/mol. The van der Waals surface area contributed by atoms with Crippen LogP contribution in [0.5, 0.6) is 0 Å². The lowest BCUT2D eigenvalue weighted by atomic mass is 10.3. The van der Waals surface area contributed by atoms with Gasteiger partial charge in [-0.15, -0.1) is 0 Å². The third-order valence-electron chi connectivity index (χ3n) is 2.61. The van der Waals surface area contributed by atoms with E-state index in [1.807, 2.05) is 7.05 Å². The topological polar surface area (TPSA) is 33.7 Å². The summed E-state index contributed by atoms with van der Waals surface area (Å²) in [5.41, 5.74) is 0. The predicted octanol–water partition coefficient (Wildman–Crippen LogP) is -0.101. The summed E-state index contributed by atoms with van der Waals surface area (Å²) in [5, 5.41) is 3.28. The molecule has 0 amide bonds. The highest BCUT2D eigenvalue weighted by Gasteiger charge is 2.23. The van der Waals surface area contributed by atoms with Crippen molar-refractivity contribution in [1.29, 1.82) is 0 Å². The minimum Gasteiger partial charge on any atom is -0.355 e. The molecule has 0 spiro atoms. The summed E-state index contributed by atoms with van der Waals surface area (Å²) in [6, 6.07) is 0.634. The molecule has 1 aliphatic heterocycles. The smallest absolute Gasteiger partial charge is 0.169 e. The van der Waals surface area contributed by atoms with Gasteiger partial charge in [-0.2, -0.15) is 0 Å². The molecule has 0 saturated carbocycles. The number of likely N-dealkylation sites (tertiary alicyclic amines) is 1. The lowest BCUT2D eigenvalue weighted by Crippen LogP contribution is -2.35. The van der Waals surface area contributed by atoms with E-state index in [0.29, 0.717) is 6.04 Å². The van der Waals surface area contributed by atoms with Gasteiger partial charge >= 0.3 is 0 Å². The van der Waals surface area contributed by atoms with Crippen LogP contribution in [-0.4, -0.2) is 58.1 Å². The van der Waals surface area contributed by atoms with E-state index in [1.54, 1.807) is 14.2 Å². The van der Waals surface area contributed by atoms with Crippen molar-refractivity contribution < 1.29 is 9.47 Å². The second-order valence-corrected chi connectivity index (χ2v) is 3.43. The fourth-order valence-corrected chi connectivity index (χ4v) is 1.69. The lowest BCUT2D eigenvalue weighted by molar-refractivity contribution is -0.114. The predicted molar refractivity (Wildman–Crippen MR) is 51.7 cm³/mol. The normalized spacial score (nSPS) is 24.5. The van der Waals surface area contributed by atoms with Crippen molar-refractivity contribution in [3.63, 3.8) is 0 Å². The van der Waals surface area contributed by atoms with E-state index >= 15 is 0 Å². The van der Waals surface area contributed by atoms with Gasteiger partial charge in [-0.25, -0.2) is 0 Å². The Labute approximate surface area is 80.2 Å². The van der Waals surface area contributed by atoms with E-state index < -0.39 is 0 Å². The van der Waals surface area contributed by atoms with Crippen molar-refractivity contribution in [2.45, 2.75) is 18.8 Å². The molecule has 1 heterocycles. The molecule has 1 atom stereocenters. The molecular weight excluding hydrogens is 168 g/mol. The summed E-state index contributed by atoms with van der Waals surface area (Å²) in [4.78, 5) is 2.36. The third-order valence-corrected chi connectivity index (χ3v) is 2.61. The standard InChI is InChI=1S/C9H20N2O2/c1-10-8-4-5-11(6-8)7-9(12-2)13-3/h8-10H,4-7H2,1-3H3. The second-order valence-electron chi connectivity index (χ2n) is 3.43. The van der Waals surface area contributed by atoms with Crippen LogP contribution in [0.1, 0.15) is 6.42 Å². The first-order valence-corrected chi connectivity index (χ1v) is 4.75. The van der Waals surface area contributed by atoms with E-state index in [4.69, 9.17) is 9.47 Å². The second kappa shape index (κ2) is 5.54. The average molecular weight is 188 g/mol. The summed E-state index contributed by atoms with van der Waals surface area (Å²) < 4.78 is 10.3. The van der Waals surface area contributed by atoms with Crippen LogP contribution in [0, 0.1) is 0 Å². The molecule has 0 bridgehead atoms. The van der Waals surface area contributed by atoms with Gasteiger partial charge in [0.05, 0.1) is 0 Å². The summed E-state index contributed by atoms with van der Waals surface area (Å²) in [6.07, 6.45) is 1.13. The van der Waals surface area contributed by atoms with E-state index in [-0.39, 0.29) is 6.29 Å². The summed E-state index contributed by atoms with van der Waals surface area (Å²) in [6.45, 7) is 3.10. The molecule has 0 radical (unpaired) electrons. The van der Waals surface area contributed by atoms with E-state index in [0.717, 1.165) is 19.6 Å². The first-order chi connectivity index (χ1) is 6.30. The molecule has 1 N–H and O–H groups in total.